The lowest BCUT2D eigenvalue weighted by molar-refractivity contribution is 0.562. The number of nitrogens with two attached hydrogens (primary N) is 1. The molecule has 19 heavy (non-hydrogen) atoms. The van der Waals surface area contributed by atoms with E-state index in [9.17, 15) is 0 Å². The first-order valence-electron chi connectivity index (χ1n) is 7.15. The Labute approximate surface area is 121 Å². The Morgan fingerprint density at radius 2 is 1.95 bits per heavy atom. The van der Waals surface area contributed by atoms with Gasteiger partial charge in [-0.15, -0.1) is 0 Å². The summed E-state index contributed by atoms with van der Waals surface area (Å²) in [6.45, 7) is 10.5. The fourth-order valence-electron chi connectivity index (χ4n) is 2.26. The average molecular weight is 284 g/mol. The zero-order valence-electron chi connectivity index (χ0n) is 12.9. The average Bonchev–Trinajstić information content (AvgIpc) is 2.68. The molecule has 5 heteroatoms. The molecular weight excluding hydrogens is 256 g/mol. The van der Waals surface area contributed by atoms with Crippen LogP contribution in [0.3, 0.4) is 0 Å². The number of nitrogen functional groups attached to an aromatic ring is 1. The molecule has 0 aliphatic heterocycles. The minimum absolute atomic E-state index is 0.279. The van der Waals surface area contributed by atoms with Gasteiger partial charge in [0.15, 0.2) is 0 Å². The van der Waals surface area contributed by atoms with Crippen LogP contribution in [0, 0.1) is 6.92 Å². The second-order valence-electron chi connectivity index (χ2n) is 5.02. The van der Waals surface area contributed by atoms with E-state index in [-0.39, 0.29) is 4.75 Å². The summed E-state index contributed by atoms with van der Waals surface area (Å²) in [5.41, 5.74) is 7.84. The summed E-state index contributed by atoms with van der Waals surface area (Å²) in [6, 6.07) is 0. The molecule has 0 saturated heterocycles. The molecule has 110 valence electrons. The molecule has 0 atom stereocenters. The Balaban J connectivity index is 2.87. The largest absolute Gasteiger partial charge is 0.394 e. The van der Waals surface area contributed by atoms with Crippen molar-refractivity contribution in [3.05, 3.63) is 5.69 Å². The van der Waals surface area contributed by atoms with Gasteiger partial charge in [-0.2, -0.15) is 16.9 Å². The van der Waals surface area contributed by atoms with Crippen molar-refractivity contribution in [3.63, 3.8) is 0 Å². The molecule has 1 aromatic heterocycles. The van der Waals surface area contributed by atoms with Crippen molar-refractivity contribution in [2.24, 2.45) is 0 Å². The van der Waals surface area contributed by atoms with E-state index in [1.165, 1.54) is 0 Å². The van der Waals surface area contributed by atoms with E-state index >= 15 is 0 Å². The molecule has 0 spiro atoms. The van der Waals surface area contributed by atoms with E-state index in [1.54, 1.807) is 0 Å². The molecule has 0 aliphatic rings. The van der Waals surface area contributed by atoms with E-state index < -0.39 is 0 Å². The van der Waals surface area contributed by atoms with Gasteiger partial charge in [-0.05, 0) is 32.4 Å². The summed E-state index contributed by atoms with van der Waals surface area (Å²) in [6.07, 6.45) is 5.55. The lowest BCUT2D eigenvalue weighted by Crippen LogP contribution is -2.32. The van der Waals surface area contributed by atoms with Gasteiger partial charge in [0.25, 0.3) is 0 Å². The summed E-state index contributed by atoms with van der Waals surface area (Å²) < 4.78 is 2.28. The Hall–Kier alpha value is -0.840. The topological polar surface area (TPSA) is 55.9 Å². The second kappa shape index (κ2) is 7.08. The SMILES string of the molecule is CCCn1nc(C)c(N)c1NCC(CC)(CC)SC. The standard InChI is InChI=1S/C14H28N4S/c1-6-9-18-13(12(15)11(4)17-18)16-10-14(7-2,8-3)19-5/h16H,6-10,15H2,1-5H3. The van der Waals surface area contributed by atoms with Gasteiger partial charge < -0.3 is 11.1 Å². The monoisotopic (exact) mass is 284 g/mol. The molecular formula is C14H28N4S. The van der Waals surface area contributed by atoms with Gasteiger partial charge in [0, 0.05) is 17.8 Å². The third kappa shape index (κ3) is 3.59. The van der Waals surface area contributed by atoms with Crippen molar-refractivity contribution in [1.29, 1.82) is 0 Å². The highest BCUT2D eigenvalue weighted by molar-refractivity contribution is 8.00. The van der Waals surface area contributed by atoms with E-state index in [0.717, 1.165) is 49.6 Å². The van der Waals surface area contributed by atoms with Crippen LogP contribution < -0.4 is 11.1 Å². The van der Waals surface area contributed by atoms with E-state index in [4.69, 9.17) is 5.73 Å². The summed E-state index contributed by atoms with van der Waals surface area (Å²) in [7, 11) is 0. The van der Waals surface area contributed by atoms with Crippen LogP contribution in [0.5, 0.6) is 0 Å². The van der Waals surface area contributed by atoms with Crippen LogP contribution >= 0.6 is 11.8 Å². The second-order valence-corrected chi connectivity index (χ2v) is 6.29. The van der Waals surface area contributed by atoms with Crippen molar-refractivity contribution in [3.8, 4) is 0 Å². The minimum atomic E-state index is 0.279. The van der Waals surface area contributed by atoms with Crippen molar-refractivity contribution in [1.82, 2.24) is 9.78 Å². The first-order chi connectivity index (χ1) is 9.03. The van der Waals surface area contributed by atoms with Crippen LogP contribution in [-0.4, -0.2) is 27.3 Å². The van der Waals surface area contributed by atoms with Crippen LogP contribution in [0.15, 0.2) is 0 Å². The molecule has 0 aliphatic carbocycles. The van der Waals surface area contributed by atoms with Crippen LogP contribution in [0.1, 0.15) is 45.7 Å². The minimum Gasteiger partial charge on any atom is -0.394 e. The fraction of sp³-hybridized carbons (Fsp3) is 0.786. The van der Waals surface area contributed by atoms with E-state index in [1.807, 2.05) is 23.4 Å². The van der Waals surface area contributed by atoms with Crippen LogP contribution in [0.25, 0.3) is 0 Å². The molecule has 0 fully saturated rings. The summed E-state index contributed by atoms with van der Waals surface area (Å²) in [5.74, 6) is 0.986. The van der Waals surface area contributed by atoms with Gasteiger partial charge in [-0.1, -0.05) is 20.8 Å². The number of nitrogens with zero attached hydrogens (tertiary/aromatic N) is 2. The van der Waals surface area contributed by atoms with Crippen molar-refractivity contribution < 1.29 is 0 Å². The maximum absolute atomic E-state index is 6.13. The summed E-state index contributed by atoms with van der Waals surface area (Å²) in [5, 5.41) is 8.04. The predicted molar refractivity (Wildman–Crippen MR) is 87.0 cm³/mol. The van der Waals surface area contributed by atoms with Gasteiger partial charge >= 0.3 is 0 Å². The number of nitrogens with one attached hydrogen (secondary N) is 1. The van der Waals surface area contributed by atoms with Crippen LogP contribution in [-0.2, 0) is 6.54 Å². The zero-order valence-corrected chi connectivity index (χ0v) is 13.7. The smallest absolute Gasteiger partial charge is 0.148 e. The number of hydrogen-bond donors (Lipinski definition) is 2. The maximum atomic E-state index is 6.13. The van der Waals surface area contributed by atoms with Gasteiger partial charge in [-0.25, -0.2) is 4.68 Å². The number of thioether (sulfide) groups is 1. The van der Waals surface area contributed by atoms with Crippen molar-refractivity contribution in [2.75, 3.05) is 23.9 Å². The Morgan fingerprint density at radius 3 is 2.42 bits per heavy atom. The molecule has 4 nitrogen and oxygen atoms in total. The normalized spacial score (nSPS) is 11.8. The third-order valence-electron chi connectivity index (χ3n) is 3.91. The number of aryl methyl sites for hydroxylation is 2. The van der Waals surface area contributed by atoms with Crippen molar-refractivity contribution in [2.45, 2.75) is 58.2 Å². The molecule has 1 rings (SSSR count). The number of rotatable bonds is 8. The molecule has 0 aromatic carbocycles. The van der Waals surface area contributed by atoms with Gasteiger partial charge in [0.2, 0.25) is 0 Å². The molecule has 0 saturated carbocycles. The maximum Gasteiger partial charge on any atom is 0.148 e. The lowest BCUT2D eigenvalue weighted by atomic mass is 10.0. The first kappa shape index (κ1) is 16.2. The van der Waals surface area contributed by atoms with E-state index in [0.29, 0.717) is 0 Å². The highest BCUT2D eigenvalue weighted by atomic mass is 32.2. The third-order valence-corrected chi connectivity index (χ3v) is 5.50. The number of hydrogen-bond acceptors (Lipinski definition) is 4. The molecule has 0 bridgehead atoms. The number of anilines is 2. The van der Waals surface area contributed by atoms with Gasteiger partial charge in [0.1, 0.15) is 5.82 Å². The zero-order chi connectivity index (χ0) is 14.5. The quantitative estimate of drug-likeness (QED) is 0.767. The molecule has 1 heterocycles. The Bertz CT molecular complexity index is 388. The molecule has 0 unspecified atom stereocenters. The Kier molecular flexibility index (Phi) is 6.04. The summed E-state index contributed by atoms with van der Waals surface area (Å²) >= 11 is 1.94. The van der Waals surface area contributed by atoms with Gasteiger partial charge in [0.05, 0.1) is 11.4 Å². The highest BCUT2D eigenvalue weighted by Crippen LogP contribution is 2.32. The molecule has 0 amide bonds. The summed E-state index contributed by atoms with van der Waals surface area (Å²) in [4.78, 5) is 0. The predicted octanol–water partition coefficient (Wildman–Crippen LogP) is 3.52. The fourth-order valence-corrected chi connectivity index (χ4v) is 3.05. The number of aromatic nitrogens is 2. The van der Waals surface area contributed by atoms with Crippen LogP contribution in [0.4, 0.5) is 11.5 Å². The van der Waals surface area contributed by atoms with Crippen LogP contribution in [0.2, 0.25) is 0 Å². The Morgan fingerprint density at radius 1 is 1.32 bits per heavy atom. The van der Waals surface area contributed by atoms with E-state index in [2.05, 4.69) is 37.4 Å². The van der Waals surface area contributed by atoms with Crippen molar-refractivity contribution >= 4 is 23.3 Å². The molecule has 0 radical (unpaired) electrons. The first-order valence-corrected chi connectivity index (χ1v) is 8.37. The highest BCUT2D eigenvalue weighted by Gasteiger charge is 2.25. The molecule has 3 N–H and O–H groups in total. The molecule has 1 aromatic rings. The van der Waals surface area contributed by atoms with Gasteiger partial charge in [-0.3, -0.25) is 0 Å². The lowest BCUT2D eigenvalue weighted by Gasteiger charge is -2.30.